The van der Waals surface area contributed by atoms with Crippen molar-refractivity contribution in [3.63, 3.8) is 0 Å². The van der Waals surface area contributed by atoms with Crippen LogP contribution in [0.3, 0.4) is 0 Å². The van der Waals surface area contributed by atoms with Crippen LogP contribution in [0.25, 0.3) is 0 Å². The van der Waals surface area contributed by atoms with Gasteiger partial charge < -0.3 is 10.6 Å². The SMILES string of the molecule is CC1(C)CCC(NC(=O)c2ccc3c(c2)CNC3)CC1.Cl. The second-order valence-electron chi connectivity index (χ2n) is 7.00. The molecule has 0 saturated heterocycles. The van der Waals surface area contributed by atoms with Crippen molar-refractivity contribution in [1.82, 2.24) is 10.6 Å². The summed E-state index contributed by atoms with van der Waals surface area (Å²) in [4.78, 5) is 12.3. The average Bonchev–Trinajstić information content (AvgIpc) is 2.88. The maximum absolute atomic E-state index is 12.3. The Morgan fingerprint density at radius 2 is 1.86 bits per heavy atom. The van der Waals surface area contributed by atoms with Crippen LogP contribution >= 0.6 is 12.4 Å². The predicted octanol–water partition coefficient (Wildman–Crippen LogP) is 3.41. The highest BCUT2D eigenvalue weighted by molar-refractivity contribution is 5.94. The highest BCUT2D eigenvalue weighted by Crippen LogP contribution is 2.35. The topological polar surface area (TPSA) is 41.1 Å². The van der Waals surface area contributed by atoms with Crippen molar-refractivity contribution in [2.75, 3.05) is 0 Å². The summed E-state index contributed by atoms with van der Waals surface area (Å²) in [6, 6.07) is 6.42. The van der Waals surface area contributed by atoms with Crippen LogP contribution in [0.1, 0.15) is 61.0 Å². The van der Waals surface area contributed by atoms with E-state index in [2.05, 4.69) is 30.5 Å². The zero-order valence-corrected chi connectivity index (χ0v) is 13.7. The van der Waals surface area contributed by atoms with Crippen LogP contribution in [0, 0.1) is 5.41 Å². The van der Waals surface area contributed by atoms with Gasteiger partial charge in [0.1, 0.15) is 0 Å². The summed E-state index contributed by atoms with van der Waals surface area (Å²) in [6.45, 7) is 6.44. The third-order valence-electron chi connectivity index (χ3n) is 4.77. The summed E-state index contributed by atoms with van der Waals surface area (Å²) in [5, 5.41) is 6.52. The van der Waals surface area contributed by atoms with Crippen molar-refractivity contribution >= 4 is 18.3 Å². The van der Waals surface area contributed by atoms with Crippen LogP contribution < -0.4 is 10.6 Å². The molecule has 116 valence electrons. The second kappa shape index (κ2) is 6.37. The summed E-state index contributed by atoms with van der Waals surface area (Å²) in [5.74, 6) is 0.0874. The molecule has 1 aromatic rings. The van der Waals surface area contributed by atoms with Gasteiger partial charge in [0.15, 0.2) is 0 Å². The van der Waals surface area contributed by atoms with Crippen LogP contribution in [0.5, 0.6) is 0 Å². The molecule has 2 N–H and O–H groups in total. The van der Waals surface area contributed by atoms with Crippen molar-refractivity contribution in [3.8, 4) is 0 Å². The third kappa shape index (κ3) is 3.78. The molecule has 3 nitrogen and oxygen atoms in total. The minimum atomic E-state index is 0. The van der Waals surface area contributed by atoms with Crippen molar-refractivity contribution in [2.24, 2.45) is 5.41 Å². The molecule has 0 spiro atoms. The summed E-state index contributed by atoms with van der Waals surface area (Å²) in [5.41, 5.74) is 3.83. The average molecular weight is 309 g/mol. The van der Waals surface area contributed by atoms with Crippen LogP contribution in [0.4, 0.5) is 0 Å². The number of amides is 1. The molecular weight excluding hydrogens is 284 g/mol. The van der Waals surface area contributed by atoms with Gasteiger partial charge in [-0.3, -0.25) is 4.79 Å². The number of carbonyl (C=O) groups excluding carboxylic acids is 1. The van der Waals surface area contributed by atoms with E-state index in [1.165, 1.54) is 24.0 Å². The second-order valence-corrected chi connectivity index (χ2v) is 7.00. The van der Waals surface area contributed by atoms with Gasteiger partial charge >= 0.3 is 0 Å². The molecule has 1 aromatic carbocycles. The van der Waals surface area contributed by atoms with Gasteiger partial charge in [-0.15, -0.1) is 12.4 Å². The maximum Gasteiger partial charge on any atom is 0.251 e. The Bertz CT molecular complexity index is 518. The van der Waals surface area contributed by atoms with Crippen LogP contribution in [-0.2, 0) is 13.1 Å². The number of hydrogen-bond donors (Lipinski definition) is 2. The summed E-state index contributed by atoms with van der Waals surface area (Å²) >= 11 is 0. The zero-order chi connectivity index (χ0) is 14.2. The van der Waals surface area contributed by atoms with E-state index < -0.39 is 0 Å². The van der Waals surface area contributed by atoms with Gasteiger partial charge in [-0.1, -0.05) is 19.9 Å². The molecule has 2 aliphatic rings. The molecule has 1 amide bonds. The van der Waals surface area contributed by atoms with E-state index >= 15 is 0 Å². The minimum Gasteiger partial charge on any atom is -0.349 e. The van der Waals surface area contributed by atoms with Gasteiger partial charge in [-0.2, -0.15) is 0 Å². The fourth-order valence-electron chi connectivity index (χ4n) is 3.25. The number of halogens is 1. The van der Waals surface area contributed by atoms with Gasteiger partial charge in [-0.25, -0.2) is 0 Å². The molecule has 0 radical (unpaired) electrons. The van der Waals surface area contributed by atoms with Crippen LogP contribution in [0.2, 0.25) is 0 Å². The van der Waals surface area contributed by atoms with Gasteiger partial charge in [0.2, 0.25) is 0 Å². The molecule has 1 aliphatic carbocycles. The van der Waals surface area contributed by atoms with Crippen molar-refractivity contribution < 1.29 is 4.79 Å². The van der Waals surface area contributed by atoms with Crippen molar-refractivity contribution in [2.45, 2.75) is 58.7 Å². The van der Waals surface area contributed by atoms with E-state index in [0.29, 0.717) is 11.5 Å². The number of rotatable bonds is 2. The van der Waals surface area contributed by atoms with Crippen LogP contribution in [-0.4, -0.2) is 11.9 Å². The Morgan fingerprint density at radius 1 is 1.19 bits per heavy atom. The van der Waals surface area contributed by atoms with Crippen molar-refractivity contribution in [3.05, 3.63) is 34.9 Å². The quantitative estimate of drug-likeness (QED) is 0.879. The van der Waals surface area contributed by atoms with Gasteiger partial charge in [0.05, 0.1) is 0 Å². The molecule has 1 heterocycles. The molecular formula is C17H25ClN2O. The molecule has 0 aromatic heterocycles. The Kier molecular flexibility index (Phi) is 4.95. The standard InChI is InChI=1S/C17H24N2O.ClH/c1-17(2)7-5-15(6-8-17)19-16(20)12-3-4-13-10-18-11-14(13)9-12;/h3-4,9,15,18H,5-8,10-11H2,1-2H3,(H,19,20);1H. The Hall–Kier alpha value is -1.06. The van der Waals surface area contributed by atoms with E-state index in [1.54, 1.807) is 0 Å². The van der Waals surface area contributed by atoms with E-state index in [1.807, 2.05) is 12.1 Å². The van der Waals surface area contributed by atoms with E-state index in [0.717, 1.165) is 31.5 Å². The first kappa shape index (κ1) is 16.3. The number of hydrogen-bond acceptors (Lipinski definition) is 2. The fourth-order valence-corrected chi connectivity index (χ4v) is 3.25. The third-order valence-corrected chi connectivity index (χ3v) is 4.77. The van der Waals surface area contributed by atoms with E-state index in [9.17, 15) is 4.79 Å². The Balaban J connectivity index is 0.00000161. The molecule has 0 atom stereocenters. The molecule has 21 heavy (non-hydrogen) atoms. The first-order valence-electron chi connectivity index (χ1n) is 7.67. The van der Waals surface area contributed by atoms with Gasteiger partial charge in [0, 0.05) is 24.7 Å². The predicted molar refractivity (Wildman–Crippen MR) is 87.7 cm³/mol. The smallest absolute Gasteiger partial charge is 0.251 e. The number of fused-ring (bicyclic) bond motifs is 1. The Labute approximate surface area is 133 Å². The lowest BCUT2D eigenvalue weighted by atomic mass is 9.75. The summed E-state index contributed by atoms with van der Waals surface area (Å²) < 4.78 is 0. The zero-order valence-electron chi connectivity index (χ0n) is 12.9. The number of carbonyl (C=O) groups is 1. The monoisotopic (exact) mass is 308 g/mol. The van der Waals surface area contributed by atoms with Gasteiger partial charge in [0.25, 0.3) is 5.91 Å². The normalized spacial score (nSPS) is 20.5. The molecule has 3 rings (SSSR count). The van der Waals surface area contributed by atoms with Crippen LogP contribution in [0.15, 0.2) is 18.2 Å². The first-order chi connectivity index (χ1) is 9.53. The molecule has 0 bridgehead atoms. The lowest BCUT2D eigenvalue weighted by molar-refractivity contribution is 0.0909. The summed E-state index contributed by atoms with van der Waals surface area (Å²) in [6.07, 6.45) is 4.61. The Morgan fingerprint density at radius 3 is 2.57 bits per heavy atom. The number of benzene rings is 1. The van der Waals surface area contributed by atoms with Crippen molar-refractivity contribution in [1.29, 1.82) is 0 Å². The highest BCUT2D eigenvalue weighted by atomic mass is 35.5. The highest BCUT2D eigenvalue weighted by Gasteiger charge is 2.27. The molecule has 0 unspecified atom stereocenters. The number of nitrogens with one attached hydrogen (secondary N) is 2. The minimum absolute atomic E-state index is 0. The van der Waals surface area contributed by atoms with E-state index in [4.69, 9.17) is 0 Å². The largest absolute Gasteiger partial charge is 0.349 e. The molecule has 1 aliphatic heterocycles. The van der Waals surface area contributed by atoms with Gasteiger partial charge in [-0.05, 0) is 54.4 Å². The summed E-state index contributed by atoms with van der Waals surface area (Å²) in [7, 11) is 0. The molecule has 1 fully saturated rings. The first-order valence-corrected chi connectivity index (χ1v) is 7.67. The lowest BCUT2D eigenvalue weighted by Crippen LogP contribution is -2.39. The lowest BCUT2D eigenvalue weighted by Gasteiger charge is -2.34. The molecule has 1 saturated carbocycles. The maximum atomic E-state index is 12.3. The fraction of sp³-hybridized carbons (Fsp3) is 0.588. The molecule has 4 heteroatoms. The van der Waals surface area contributed by atoms with E-state index in [-0.39, 0.29) is 18.3 Å².